The van der Waals surface area contributed by atoms with Crippen LogP contribution >= 0.6 is 11.8 Å². The average molecular weight is 226 g/mol. The lowest BCUT2D eigenvalue weighted by Gasteiger charge is -2.18. The quantitative estimate of drug-likeness (QED) is 0.638. The first-order valence-electron chi connectivity index (χ1n) is 4.67. The van der Waals surface area contributed by atoms with E-state index in [-0.39, 0.29) is 0 Å². The third-order valence-electron chi connectivity index (χ3n) is 2.23. The first-order valence-corrected chi connectivity index (χ1v) is 5.48. The molecule has 5 heteroatoms. The van der Waals surface area contributed by atoms with E-state index in [4.69, 9.17) is 5.26 Å². The molecule has 3 rings (SSSR count). The molecule has 0 spiro atoms. The predicted molar refractivity (Wildman–Crippen MR) is 60.6 cm³/mol. The number of nitriles is 1. The van der Waals surface area contributed by atoms with Crippen LogP contribution in [-0.4, -0.2) is 9.97 Å². The van der Waals surface area contributed by atoms with E-state index in [9.17, 15) is 0 Å². The van der Waals surface area contributed by atoms with Gasteiger partial charge in [0.15, 0.2) is 5.82 Å². The molecular formula is C11H6N4S. The van der Waals surface area contributed by atoms with Gasteiger partial charge in [-0.3, -0.25) is 0 Å². The van der Waals surface area contributed by atoms with Gasteiger partial charge in [0, 0.05) is 17.3 Å². The number of hydrogen-bond acceptors (Lipinski definition) is 5. The van der Waals surface area contributed by atoms with Crippen molar-refractivity contribution in [3.63, 3.8) is 0 Å². The molecule has 0 aliphatic carbocycles. The molecule has 0 fully saturated rings. The van der Waals surface area contributed by atoms with E-state index in [0.29, 0.717) is 5.56 Å². The second-order valence-electron chi connectivity index (χ2n) is 3.26. The fourth-order valence-corrected chi connectivity index (χ4v) is 2.38. The molecule has 1 aliphatic rings. The van der Waals surface area contributed by atoms with Crippen molar-refractivity contribution in [2.75, 3.05) is 5.32 Å². The highest BCUT2D eigenvalue weighted by atomic mass is 32.2. The molecule has 0 unspecified atom stereocenters. The van der Waals surface area contributed by atoms with Gasteiger partial charge in [0.05, 0.1) is 17.3 Å². The highest BCUT2D eigenvalue weighted by Crippen LogP contribution is 2.41. The predicted octanol–water partition coefficient (Wildman–Crippen LogP) is 2.56. The van der Waals surface area contributed by atoms with E-state index in [2.05, 4.69) is 21.4 Å². The number of aromatic nitrogens is 2. The summed E-state index contributed by atoms with van der Waals surface area (Å²) in [6.07, 6.45) is 3.31. The zero-order valence-corrected chi connectivity index (χ0v) is 8.95. The summed E-state index contributed by atoms with van der Waals surface area (Å²) in [7, 11) is 0. The summed E-state index contributed by atoms with van der Waals surface area (Å²) in [6.45, 7) is 0. The van der Waals surface area contributed by atoms with Crippen molar-refractivity contribution in [3.05, 3.63) is 36.2 Å². The van der Waals surface area contributed by atoms with Gasteiger partial charge in [-0.05, 0) is 18.2 Å². The first-order chi connectivity index (χ1) is 7.86. The lowest BCUT2D eigenvalue weighted by atomic mass is 10.2. The number of benzene rings is 1. The Kier molecular flexibility index (Phi) is 2.01. The third kappa shape index (κ3) is 1.40. The Morgan fingerprint density at radius 3 is 3.00 bits per heavy atom. The van der Waals surface area contributed by atoms with Gasteiger partial charge in [-0.2, -0.15) is 5.26 Å². The van der Waals surface area contributed by atoms with Crippen molar-refractivity contribution < 1.29 is 0 Å². The normalized spacial score (nSPS) is 11.9. The summed E-state index contributed by atoms with van der Waals surface area (Å²) in [5.74, 6) is 0.745. The van der Waals surface area contributed by atoms with Gasteiger partial charge in [-0.25, -0.2) is 9.97 Å². The van der Waals surface area contributed by atoms with Crippen LogP contribution in [0.2, 0.25) is 0 Å². The second-order valence-corrected chi connectivity index (χ2v) is 4.29. The summed E-state index contributed by atoms with van der Waals surface area (Å²) in [5, 5.41) is 12.9. The van der Waals surface area contributed by atoms with E-state index < -0.39 is 0 Å². The minimum absolute atomic E-state index is 0.638. The van der Waals surface area contributed by atoms with E-state index in [1.54, 1.807) is 30.2 Å². The molecule has 2 aromatic rings. The molecule has 2 heterocycles. The van der Waals surface area contributed by atoms with Crippen molar-refractivity contribution in [2.24, 2.45) is 0 Å². The molecule has 0 saturated carbocycles. The Morgan fingerprint density at radius 2 is 2.12 bits per heavy atom. The average Bonchev–Trinajstić information content (AvgIpc) is 2.35. The molecule has 0 saturated heterocycles. The molecule has 0 radical (unpaired) electrons. The first kappa shape index (κ1) is 9.19. The van der Waals surface area contributed by atoms with E-state index in [1.165, 1.54) is 0 Å². The highest BCUT2D eigenvalue weighted by molar-refractivity contribution is 7.99. The number of nitrogens with zero attached hydrogens (tertiary/aromatic N) is 3. The Bertz CT molecular complexity index is 603. The van der Waals surface area contributed by atoms with E-state index >= 15 is 0 Å². The maximum Gasteiger partial charge on any atom is 0.163 e. The fraction of sp³-hybridized carbons (Fsp3) is 0. The van der Waals surface area contributed by atoms with E-state index in [1.807, 2.05) is 12.1 Å². The van der Waals surface area contributed by atoms with Gasteiger partial charge in [-0.15, -0.1) is 0 Å². The van der Waals surface area contributed by atoms with Crippen molar-refractivity contribution >= 4 is 23.3 Å². The van der Waals surface area contributed by atoms with Crippen molar-refractivity contribution in [2.45, 2.75) is 9.92 Å². The van der Waals surface area contributed by atoms with Crippen LogP contribution in [0, 0.1) is 11.3 Å². The van der Waals surface area contributed by atoms with Crippen LogP contribution in [0.4, 0.5) is 11.5 Å². The van der Waals surface area contributed by atoms with Crippen LogP contribution < -0.4 is 5.32 Å². The Hall–Kier alpha value is -2.06. The van der Waals surface area contributed by atoms with Gasteiger partial charge in [-0.1, -0.05) is 11.8 Å². The molecule has 0 amide bonds. The van der Waals surface area contributed by atoms with Crippen molar-refractivity contribution in [3.8, 4) is 6.07 Å². The second kappa shape index (κ2) is 3.51. The van der Waals surface area contributed by atoms with Gasteiger partial charge in [0.25, 0.3) is 0 Å². The number of anilines is 2. The van der Waals surface area contributed by atoms with Crippen LogP contribution in [0.1, 0.15) is 5.56 Å². The minimum Gasteiger partial charge on any atom is -0.337 e. The molecule has 4 nitrogen and oxygen atoms in total. The molecule has 1 aromatic heterocycles. The smallest absolute Gasteiger partial charge is 0.163 e. The van der Waals surface area contributed by atoms with Crippen LogP contribution in [0.3, 0.4) is 0 Å². The molecule has 0 atom stereocenters. The van der Waals surface area contributed by atoms with Gasteiger partial charge in [0.2, 0.25) is 0 Å². The lowest BCUT2D eigenvalue weighted by molar-refractivity contribution is 1.05. The molecule has 0 bridgehead atoms. The summed E-state index contributed by atoms with van der Waals surface area (Å²) in [5.41, 5.74) is 1.55. The Balaban J connectivity index is 2.09. The Morgan fingerprint density at radius 1 is 1.25 bits per heavy atom. The molecule has 1 aromatic carbocycles. The standard InChI is InChI=1S/C11H6N4S/c12-6-7-1-2-9-8(5-7)15-10-11(16-9)14-4-3-13-10/h1-5H,(H,13,15). The lowest BCUT2D eigenvalue weighted by Crippen LogP contribution is -2.03. The zero-order valence-electron chi connectivity index (χ0n) is 8.14. The molecular weight excluding hydrogens is 220 g/mol. The van der Waals surface area contributed by atoms with E-state index in [0.717, 1.165) is 21.4 Å². The van der Waals surface area contributed by atoms with Gasteiger partial charge in [0.1, 0.15) is 5.03 Å². The maximum absolute atomic E-state index is 8.82. The monoisotopic (exact) mass is 226 g/mol. The summed E-state index contributed by atoms with van der Waals surface area (Å²) in [4.78, 5) is 9.49. The van der Waals surface area contributed by atoms with Gasteiger partial charge < -0.3 is 5.32 Å². The van der Waals surface area contributed by atoms with Crippen LogP contribution in [0.5, 0.6) is 0 Å². The zero-order chi connectivity index (χ0) is 11.0. The topological polar surface area (TPSA) is 61.6 Å². The van der Waals surface area contributed by atoms with Crippen molar-refractivity contribution in [1.29, 1.82) is 5.26 Å². The fourth-order valence-electron chi connectivity index (χ4n) is 1.50. The van der Waals surface area contributed by atoms with Crippen LogP contribution in [-0.2, 0) is 0 Å². The number of rotatable bonds is 0. The summed E-state index contributed by atoms with van der Waals surface area (Å²) < 4.78 is 0. The summed E-state index contributed by atoms with van der Waals surface area (Å²) >= 11 is 1.56. The van der Waals surface area contributed by atoms with Crippen LogP contribution in [0.15, 0.2) is 40.5 Å². The maximum atomic E-state index is 8.82. The molecule has 76 valence electrons. The largest absolute Gasteiger partial charge is 0.337 e. The molecule has 16 heavy (non-hydrogen) atoms. The SMILES string of the molecule is N#Cc1ccc2c(c1)Nc1nccnc1S2. The van der Waals surface area contributed by atoms with Crippen LogP contribution in [0.25, 0.3) is 0 Å². The van der Waals surface area contributed by atoms with Crippen molar-refractivity contribution in [1.82, 2.24) is 9.97 Å². The Labute approximate surface area is 96.4 Å². The number of hydrogen-bond donors (Lipinski definition) is 1. The summed E-state index contributed by atoms with van der Waals surface area (Å²) in [6, 6.07) is 7.66. The number of fused-ring (bicyclic) bond motifs is 2. The molecule has 1 aliphatic heterocycles. The minimum atomic E-state index is 0.638. The molecule has 1 N–H and O–H groups in total. The third-order valence-corrected chi connectivity index (χ3v) is 3.30. The number of nitrogens with one attached hydrogen (secondary N) is 1. The van der Waals surface area contributed by atoms with Gasteiger partial charge >= 0.3 is 0 Å². The highest BCUT2D eigenvalue weighted by Gasteiger charge is 2.17.